The number of benzene rings is 1. The summed E-state index contributed by atoms with van der Waals surface area (Å²) in [5.74, 6) is -2.36. The average Bonchev–Trinajstić information content (AvgIpc) is 2.84. The zero-order chi connectivity index (χ0) is 14.7. The van der Waals surface area contributed by atoms with Gasteiger partial charge >= 0.3 is 12.0 Å². The molecule has 3 amide bonds. The molecule has 1 heterocycles. The molecule has 2 rings (SSSR count). The summed E-state index contributed by atoms with van der Waals surface area (Å²) in [6.07, 6.45) is 0. The number of nitrogens with one attached hydrogen (secondary N) is 1. The molecule has 1 aliphatic rings. The molecule has 0 radical (unpaired) electrons. The number of urea groups is 1. The maximum Gasteiger partial charge on any atom is 0.341 e. The molecule has 0 aromatic heterocycles. The van der Waals surface area contributed by atoms with Gasteiger partial charge in [0.2, 0.25) is 0 Å². The van der Waals surface area contributed by atoms with E-state index in [4.69, 9.17) is 4.74 Å². The van der Waals surface area contributed by atoms with Crippen molar-refractivity contribution in [2.24, 2.45) is 0 Å². The number of hydrogen-bond acceptors (Lipinski definition) is 4. The van der Waals surface area contributed by atoms with Crippen molar-refractivity contribution >= 4 is 33.8 Å². The second kappa shape index (κ2) is 6.00. The molecule has 0 bridgehead atoms. The minimum atomic E-state index is -0.961. The van der Waals surface area contributed by atoms with Crippen molar-refractivity contribution in [3.63, 3.8) is 0 Å². The first-order valence-electron chi connectivity index (χ1n) is 5.69. The van der Waals surface area contributed by atoms with Crippen LogP contribution in [0.3, 0.4) is 0 Å². The lowest BCUT2D eigenvalue weighted by Crippen LogP contribution is -2.37. The molecule has 0 saturated carbocycles. The molecule has 0 unspecified atom stereocenters. The van der Waals surface area contributed by atoms with Gasteiger partial charge in [0, 0.05) is 17.6 Å². The van der Waals surface area contributed by atoms with Crippen LogP contribution < -0.4 is 5.32 Å². The van der Waals surface area contributed by atoms with E-state index in [0.29, 0.717) is 11.0 Å². The average molecular weight is 345 g/mol. The van der Waals surface area contributed by atoms with Gasteiger partial charge in [-0.05, 0) is 18.2 Å². The van der Waals surface area contributed by atoms with Gasteiger partial charge in [-0.2, -0.15) is 0 Å². The Labute approximate surface area is 122 Å². The number of nitrogens with zero attached hydrogens (tertiary/aromatic N) is 1. The summed E-state index contributed by atoms with van der Waals surface area (Å²) in [6.45, 7) is -0.0303. The molecule has 1 aromatic rings. The quantitative estimate of drug-likeness (QED) is 0.838. The van der Waals surface area contributed by atoms with Gasteiger partial charge in [-0.25, -0.2) is 14.0 Å². The third-order valence-electron chi connectivity index (χ3n) is 2.63. The second-order valence-electron chi connectivity index (χ2n) is 3.98. The molecule has 1 aliphatic heterocycles. The monoisotopic (exact) mass is 344 g/mol. The molecule has 106 valence electrons. The van der Waals surface area contributed by atoms with Crippen molar-refractivity contribution < 1.29 is 23.5 Å². The molecule has 6 nitrogen and oxygen atoms in total. The van der Waals surface area contributed by atoms with E-state index < -0.39 is 30.3 Å². The highest BCUT2D eigenvalue weighted by atomic mass is 79.9. The SMILES string of the molecule is O=C(OCC(=O)N1CCNC1=O)c1cc(Br)ccc1F. The Hall–Kier alpha value is -1.96. The summed E-state index contributed by atoms with van der Waals surface area (Å²) in [5, 5.41) is 2.45. The number of hydrogen-bond donors (Lipinski definition) is 1. The molecule has 20 heavy (non-hydrogen) atoms. The fraction of sp³-hybridized carbons (Fsp3) is 0.250. The molecular weight excluding hydrogens is 335 g/mol. The van der Waals surface area contributed by atoms with E-state index in [0.717, 1.165) is 11.0 Å². The zero-order valence-electron chi connectivity index (χ0n) is 10.2. The summed E-state index contributed by atoms with van der Waals surface area (Å²) in [4.78, 5) is 35.4. The van der Waals surface area contributed by atoms with Gasteiger partial charge in [-0.1, -0.05) is 15.9 Å². The summed E-state index contributed by atoms with van der Waals surface area (Å²) >= 11 is 3.10. The zero-order valence-corrected chi connectivity index (χ0v) is 11.8. The van der Waals surface area contributed by atoms with Crippen LogP contribution in [0.15, 0.2) is 22.7 Å². The van der Waals surface area contributed by atoms with Crippen LogP contribution in [0.2, 0.25) is 0 Å². The van der Waals surface area contributed by atoms with Crippen LogP contribution in [0.25, 0.3) is 0 Å². The highest BCUT2D eigenvalue weighted by molar-refractivity contribution is 9.10. The largest absolute Gasteiger partial charge is 0.452 e. The van der Waals surface area contributed by atoms with Crippen LogP contribution in [0.4, 0.5) is 9.18 Å². The number of rotatable bonds is 3. The molecule has 0 atom stereocenters. The maximum atomic E-state index is 13.4. The number of carbonyl (C=O) groups excluding carboxylic acids is 3. The summed E-state index contributed by atoms with van der Waals surface area (Å²) in [7, 11) is 0. The first kappa shape index (κ1) is 14.4. The highest BCUT2D eigenvalue weighted by Crippen LogP contribution is 2.16. The smallest absolute Gasteiger partial charge is 0.341 e. The first-order valence-corrected chi connectivity index (χ1v) is 6.48. The Balaban J connectivity index is 1.97. The van der Waals surface area contributed by atoms with Gasteiger partial charge in [-0.15, -0.1) is 0 Å². The number of carbonyl (C=O) groups is 3. The summed E-state index contributed by atoms with van der Waals surface area (Å²) < 4.78 is 18.7. The summed E-state index contributed by atoms with van der Waals surface area (Å²) in [6, 6.07) is 3.27. The van der Waals surface area contributed by atoms with E-state index in [1.54, 1.807) is 0 Å². The standard InChI is InChI=1S/C12H10BrFN2O4/c13-7-1-2-9(14)8(5-7)11(18)20-6-10(17)16-4-3-15-12(16)19/h1-2,5H,3-4,6H2,(H,15,19). The molecule has 0 aliphatic carbocycles. The van der Waals surface area contributed by atoms with Gasteiger partial charge in [0.25, 0.3) is 5.91 Å². The predicted molar refractivity (Wildman–Crippen MR) is 69.5 cm³/mol. The van der Waals surface area contributed by atoms with E-state index >= 15 is 0 Å². The van der Waals surface area contributed by atoms with Gasteiger partial charge in [-0.3, -0.25) is 9.69 Å². The van der Waals surface area contributed by atoms with Gasteiger partial charge in [0.1, 0.15) is 5.82 Å². The Morgan fingerprint density at radius 2 is 2.20 bits per heavy atom. The number of ether oxygens (including phenoxy) is 1. The Bertz CT molecular complexity index is 579. The van der Waals surface area contributed by atoms with Gasteiger partial charge in [0.15, 0.2) is 6.61 Å². The van der Waals surface area contributed by atoms with Crippen molar-refractivity contribution in [2.45, 2.75) is 0 Å². The molecule has 8 heteroatoms. The molecular formula is C12H10BrFN2O4. The molecule has 0 spiro atoms. The number of imide groups is 1. The van der Waals surface area contributed by atoms with Crippen molar-refractivity contribution in [3.8, 4) is 0 Å². The minimum Gasteiger partial charge on any atom is -0.452 e. The lowest BCUT2D eigenvalue weighted by molar-refractivity contribution is -0.130. The van der Waals surface area contributed by atoms with E-state index in [2.05, 4.69) is 21.2 Å². The van der Waals surface area contributed by atoms with Gasteiger partial charge < -0.3 is 10.1 Å². The Kier molecular flexibility index (Phi) is 4.33. The number of amides is 3. The molecule has 1 saturated heterocycles. The van der Waals surface area contributed by atoms with Crippen LogP contribution in [-0.2, 0) is 9.53 Å². The van der Waals surface area contributed by atoms with E-state index in [-0.39, 0.29) is 12.1 Å². The van der Waals surface area contributed by atoms with E-state index in [9.17, 15) is 18.8 Å². The second-order valence-corrected chi connectivity index (χ2v) is 4.89. The van der Waals surface area contributed by atoms with Crippen LogP contribution in [-0.4, -0.2) is 42.5 Å². The van der Waals surface area contributed by atoms with Crippen molar-refractivity contribution in [1.82, 2.24) is 10.2 Å². The normalized spacial score (nSPS) is 14.1. The van der Waals surface area contributed by atoms with Crippen molar-refractivity contribution in [1.29, 1.82) is 0 Å². The Morgan fingerprint density at radius 1 is 1.45 bits per heavy atom. The van der Waals surface area contributed by atoms with Crippen LogP contribution in [0, 0.1) is 5.82 Å². The minimum absolute atomic E-state index is 0.223. The fourth-order valence-corrected chi connectivity index (χ4v) is 2.01. The van der Waals surface area contributed by atoms with Gasteiger partial charge in [0.05, 0.1) is 5.56 Å². The lowest BCUT2D eigenvalue weighted by Gasteiger charge is -2.12. The number of halogens is 2. The fourth-order valence-electron chi connectivity index (χ4n) is 1.65. The summed E-state index contributed by atoms with van der Waals surface area (Å²) in [5.41, 5.74) is -0.280. The lowest BCUT2D eigenvalue weighted by atomic mass is 10.2. The van der Waals surface area contributed by atoms with Crippen LogP contribution in [0.1, 0.15) is 10.4 Å². The molecule has 1 N–H and O–H groups in total. The third kappa shape index (κ3) is 3.13. The topological polar surface area (TPSA) is 75.7 Å². The van der Waals surface area contributed by atoms with Crippen LogP contribution in [0.5, 0.6) is 0 Å². The van der Waals surface area contributed by atoms with Crippen LogP contribution >= 0.6 is 15.9 Å². The highest BCUT2D eigenvalue weighted by Gasteiger charge is 2.27. The maximum absolute atomic E-state index is 13.4. The number of esters is 1. The van der Waals surface area contributed by atoms with Crippen molar-refractivity contribution in [3.05, 3.63) is 34.1 Å². The first-order chi connectivity index (χ1) is 9.49. The van der Waals surface area contributed by atoms with E-state index in [1.165, 1.54) is 12.1 Å². The van der Waals surface area contributed by atoms with E-state index in [1.807, 2.05) is 0 Å². The van der Waals surface area contributed by atoms with Crippen molar-refractivity contribution in [2.75, 3.05) is 19.7 Å². The molecule has 1 aromatic carbocycles. The molecule has 1 fully saturated rings. The predicted octanol–water partition coefficient (Wildman–Crippen LogP) is 1.30. The third-order valence-corrected chi connectivity index (χ3v) is 3.13. The Morgan fingerprint density at radius 3 is 2.85 bits per heavy atom.